The van der Waals surface area contributed by atoms with Gasteiger partial charge in [0, 0.05) is 23.4 Å². The van der Waals surface area contributed by atoms with Crippen LogP contribution in [-0.2, 0) is 0 Å². The fraction of sp³-hybridized carbons (Fsp3) is 0.0526. The summed E-state index contributed by atoms with van der Waals surface area (Å²) >= 11 is 6.27. The highest BCUT2D eigenvalue weighted by Crippen LogP contribution is 2.40. The van der Waals surface area contributed by atoms with Gasteiger partial charge in [0.15, 0.2) is 11.5 Å². The van der Waals surface area contributed by atoms with Gasteiger partial charge in [-0.25, -0.2) is 13.8 Å². The van der Waals surface area contributed by atoms with Crippen molar-refractivity contribution in [1.82, 2.24) is 4.98 Å². The average Bonchev–Trinajstić information content (AvgIpc) is 3.09. The van der Waals surface area contributed by atoms with E-state index in [-0.39, 0.29) is 12.6 Å². The van der Waals surface area contributed by atoms with Gasteiger partial charge in [-0.1, -0.05) is 17.7 Å². The molecule has 136 valence electrons. The summed E-state index contributed by atoms with van der Waals surface area (Å²) in [7, 11) is 0. The molecule has 8 heteroatoms. The van der Waals surface area contributed by atoms with E-state index in [0.29, 0.717) is 27.6 Å². The van der Waals surface area contributed by atoms with E-state index >= 15 is 0 Å². The third-order valence-corrected chi connectivity index (χ3v) is 4.28. The molecule has 2 heterocycles. The molecule has 0 saturated heterocycles. The van der Waals surface area contributed by atoms with Gasteiger partial charge in [-0.05, 0) is 30.3 Å². The van der Waals surface area contributed by atoms with Crippen molar-refractivity contribution in [3.8, 4) is 22.6 Å². The second-order valence-electron chi connectivity index (χ2n) is 5.67. The van der Waals surface area contributed by atoms with Crippen LogP contribution in [0.2, 0.25) is 5.02 Å². The molecule has 0 spiro atoms. The highest BCUT2D eigenvalue weighted by atomic mass is 35.5. The van der Waals surface area contributed by atoms with E-state index in [4.69, 9.17) is 21.1 Å². The molecule has 4 rings (SSSR count). The molecule has 27 heavy (non-hydrogen) atoms. The Kier molecular flexibility index (Phi) is 4.37. The molecule has 1 amide bonds. The van der Waals surface area contributed by atoms with Crippen LogP contribution in [0.4, 0.5) is 14.6 Å². The van der Waals surface area contributed by atoms with Crippen molar-refractivity contribution < 1.29 is 23.0 Å². The van der Waals surface area contributed by atoms with Crippen molar-refractivity contribution in [2.45, 2.75) is 0 Å². The number of hydrogen-bond donors (Lipinski definition) is 1. The molecule has 3 aromatic rings. The number of nitrogens with one attached hydrogen (secondary N) is 1. The number of anilines is 1. The Morgan fingerprint density at radius 2 is 1.78 bits per heavy atom. The van der Waals surface area contributed by atoms with Crippen molar-refractivity contribution in [2.75, 3.05) is 12.1 Å². The highest BCUT2D eigenvalue weighted by Gasteiger charge is 2.19. The zero-order chi connectivity index (χ0) is 19.0. The van der Waals surface area contributed by atoms with Crippen molar-refractivity contribution in [3.63, 3.8) is 0 Å². The first kappa shape index (κ1) is 17.2. The molecule has 0 atom stereocenters. The van der Waals surface area contributed by atoms with Crippen LogP contribution in [0, 0.1) is 11.6 Å². The largest absolute Gasteiger partial charge is 0.454 e. The van der Waals surface area contributed by atoms with Crippen molar-refractivity contribution in [2.24, 2.45) is 0 Å². The van der Waals surface area contributed by atoms with Crippen LogP contribution >= 0.6 is 11.6 Å². The Bertz CT molecular complexity index is 1020. The predicted molar refractivity (Wildman–Crippen MR) is 95.1 cm³/mol. The van der Waals surface area contributed by atoms with Gasteiger partial charge >= 0.3 is 0 Å². The van der Waals surface area contributed by atoms with Crippen LogP contribution < -0.4 is 14.8 Å². The summed E-state index contributed by atoms with van der Waals surface area (Å²) in [6, 6.07) is 9.76. The number of pyridine rings is 1. The summed E-state index contributed by atoms with van der Waals surface area (Å²) in [5.74, 6) is -1.54. The van der Waals surface area contributed by atoms with Crippen LogP contribution in [0.5, 0.6) is 11.5 Å². The van der Waals surface area contributed by atoms with Gasteiger partial charge in [-0.2, -0.15) is 0 Å². The molecule has 2 aromatic carbocycles. The number of aromatic nitrogens is 1. The zero-order valence-electron chi connectivity index (χ0n) is 13.6. The van der Waals surface area contributed by atoms with Gasteiger partial charge in [-0.15, -0.1) is 0 Å². The van der Waals surface area contributed by atoms with Gasteiger partial charge < -0.3 is 14.8 Å². The van der Waals surface area contributed by atoms with Crippen LogP contribution in [0.25, 0.3) is 11.1 Å². The van der Waals surface area contributed by atoms with Gasteiger partial charge in [0.2, 0.25) is 6.79 Å². The van der Waals surface area contributed by atoms with E-state index in [1.165, 1.54) is 18.3 Å². The Balaban J connectivity index is 1.57. The van der Waals surface area contributed by atoms with E-state index in [1.807, 2.05) is 0 Å². The number of benzene rings is 2. The maximum Gasteiger partial charge on any atom is 0.262 e. The van der Waals surface area contributed by atoms with Gasteiger partial charge in [0.25, 0.3) is 5.91 Å². The Hall–Kier alpha value is -3.19. The molecule has 0 radical (unpaired) electrons. The standard InChI is InChI=1S/C19H11ClF2N2O3/c20-12-7-16-15(26-9-27-16)6-11(12)10-4-5-17(23-8-10)24-19(25)18-13(21)2-1-3-14(18)22/h1-8H,9H2,(H,23,24,25). The average molecular weight is 389 g/mol. The molecule has 0 fully saturated rings. The molecule has 0 aliphatic carbocycles. The number of ether oxygens (including phenoxy) is 2. The summed E-state index contributed by atoms with van der Waals surface area (Å²) < 4.78 is 38.0. The summed E-state index contributed by atoms with van der Waals surface area (Å²) in [5.41, 5.74) is 0.682. The topological polar surface area (TPSA) is 60.5 Å². The molecule has 1 aliphatic rings. The smallest absolute Gasteiger partial charge is 0.262 e. The zero-order valence-corrected chi connectivity index (χ0v) is 14.4. The van der Waals surface area contributed by atoms with E-state index in [1.54, 1.807) is 18.2 Å². The number of carbonyl (C=O) groups is 1. The lowest BCUT2D eigenvalue weighted by Crippen LogP contribution is -2.16. The van der Waals surface area contributed by atoms with Crippen molar-refractivity contribution in [1.29, 1.82) is 0 Å². The van der Waals surface area contributed by atoms with Gasteiger partial charge in [0.1, 0.15) is 23.0 Å². The second kappa shape index (κ2) is 6.85. The molecule has 0 saturated carbocycles. The van der Waals surface area contributed by atoms with E-state index < -0.39 is 23.1 Å². The maximum absolute atomic E-state index is 13.7. The minimum Gasteiger partial charge on any atom is -0.454 e. The minimum absolute atomic E-state index is 0.130. The van der Waals surface area contributed by atoms with Crippen molar-refractivity contribution in [3.05, 3.63) is 70.9 Å². The Morgan fingerprint density at radius 3 is 2.44 bits per heavy atom. The van der Waals surface area contributed by atoms with E-state index in [9.17, 15) is 13.6 Å². The molecular formula is C19H11ClF2N2O3. The van der Waals surface area contributed by atoms with Crippen LogP contribution in [0.3, 0.4) is 0 Å². The summed E-state index contributed by atoms with van der Waals surface area (Å²) in [4.78, 5) is 16.2. The molecule has 0 bridgehead atoms. The SMILES string of the molecule is O=C(Nc1ccc(-c2cc3c(cc2Cl)OCO3)cn1)c1c(F)cccc1F. The number of nitrogens with zero attached hydrogens (tertiary/aromatic N) is 1. The number of carbonyl (C=O) groups excluding carboxylic acids is 1. The fourth-order valence-electron chi connectivity index (χ4n) is 2.66. The van der Waals surface area contributed by atoms with E-state index in [2.05, 4.69) is 10.3 Å². The van der Waals surface area contributed by atoms with Crippen LogP contribution in [0.1, 0.15) is 10.4 Å². The Labute approximate surface area is 157 Å². The molecule has 1 aliphatic heterocycles. The molecular weight excluding hydrogens is 378 g/mol. The monoisotopic (exact) mass is 388 g/mol. The maximum atomic E-state index is 13.7. The molecule has 1 N–H and O–H groups in total. The quantitative estimate of drug-likeness (QED) is 0.708. The third kappa shape index (κ3) is 3.29. The molecule has 1 aromatic heterocycles. The lowest BCUT2D eigenvalue weighted by molar-refractivity contribution is 0.101. The first-order valence-electron chi connectivity index (χ1n) is 7.84. The summed E-state index contributed by atoms with van der Waals surface area (Å²) in [6.07, 6.45) is 1.48. The normalized spacial score (nSPS) is 12.1. The lowest BCUT2D eigenvalue weighted by atomic mass is 10.1. The third-order valence-electron chi connectivity index (χ3n) is 3.97. The minimum atomic E-state index is -0.948. The number of fused-ring (bicyclic) bond motifs is 1. The fourth-order valence-corrected chi connectivity index (χ4v) is 2.92. The molecule has 0 unspecified atom stereocenters. The first-order chi connectivity index (χ1) is 13.0. The first-order valence-corrected chi connectivity index (χ1v) is 8.21. The lowest BCUT2D eigenvalue weighted by Gasteiger charge is -2.09. The number of hydrogen-bond acceptors (Lipinski definition) is 4. The highest BCUT2D eigenvalue weighted by molar-refractivity contribution is 6.33. The van der Waals surface area contributed by atoms with Crippen LogP contribution in [0.15, 0.2) is 48.7 Å². The number of rotatable bonds is 3. The van der Waals surface area contributed by atoms with Crippen LogP contribution in [-0.4, -0.2) is 17.7 Å². The predicted octanol–water partition coefficient (Wildman–Crippen LogP) is 4.66. The number of amides is 1. The van der Waals surface area contributed by atoms with Gasteiger partial charge in [0.05, 0.1) is 5.02 Å². The summed E-state index contributed by atoms with van der Waals surface area (Å²) in [5, 5.41) is 2.82. The Morgan fingerprint density at radius 1 is 1.07 bits per heavy atom. The van der Waals surface area contributed by atoms with Gasteiger partial charge in [-0.3, -0.25) is 4.79 Å². The molecule has 5 nitrogen and oxygen atoms in total. The van der Waals surface area contributed by atoms with Crippen molar-refractivity contribution >= 4 is 23.3 Å². The summed E-state index contributed by atoms with van der Waals surface area (Å²) in [6.45, 7) is 0.130. The van der Waals surface area contributed by atoms with E-state index in [0.717, 1.165) is 12.1 Å². The number of halogens is 3. The second-order valence-corrected chi connectivity index (χ2v) is 6.08.